The number of hydrogen-bond acceptors (Lipinski definition) is 5. The average Bonchev–Trinajstić information content (AvgIpc) is 2.98. The quantitative estimate of drug-likeness (QED) is 0.883. The number of carbonyl (C=O) groups is 1. The van der Waals surface area contributed by atoms with E-state index >= 15 is 0 Å². The zero-order valence-electron chi connectivity index (χ0n) is 10.8. The van der Waals surface area contributed by atoms with Crippen molar-refractivity contribution >= 4 is 17.7 Å². The standard InChI is InChI=1S/C12H15N5OS/c1-9(19-2)12(18)15-6-10-4-3-5-14-11(10)17-8-13-7-16-17/h3-5,7-9H,6H2,1-2H3,(H,15,18)/t9-/m0/s1. The predicted molar refractivity (Wildman–Crippen MR) is 74.0 cm³/mol. The lowest BCUT2D eigenvalue weighted by atomic mass is 10.2. The van der Waals surface area contributed by atoms with Gasteiger partial charge < -0.3 is 5.32 Å². The van der Waals surface area contributed by atoms with E-state index in [9.17, 15) is 4.79 Å². The van der Waals surface area contributed by atoms with Gasteiger partial charge in [0, 0.05) is 18.3 Å². The average molecular weight is 277 g/mol. The smallest absolute Gasteiger partial charge is 0.233 e. The fourth-order valence-electron chi connectivity index (χ4n) is 1.53. The van der Waals surface area contributed by atoms with Crippen LogP contribution in [0.1, 0.15) is 12.5 Å². The topological polar surface area (TPSA) is 72.7 Å². The minimum atomic E-state index is -0.0634. The second kappa shape index (κ2) is 6.33. The number of rotatable bonds is 5. The lowest BCUT2D eigenvalue weighted by Gasteiger charge is -2.11. The van der Waals surface area contributed by atoms with Gasteiger partial charge in [0.1, 0.15) is 12.7 Å². The maximum absolute atomic E-state index is 11.8. The lowest BCUT2D eigenvalue weighted by Crippen LogP contribution is -2.30. The van der Waals surface area contributed by atoms with Crippen LogP contribution >= 0.6 is 11.8 Å². The first-order valence-electron chi connectivity index (χ1n) is 5.81. The van der Waals surface area contributed by atoms with Crippen molar-refractivity contribution < 1.29 is 4.79 Å². The van der Waals surface area contributed by atoms with Crippen molar-refractivity contribution in [3.63, 3.8) is 0 Å². The Bertz CT molecular complexity index is 543. The summed E-state index contributed by atoms with van der Waals surface area (Å²) < 4.78 is 1.58. The Balaban J connectivity index is 2.11. The third kappa shape index (κ3) is 3.31. The SMILES string of the molecule is CS[C@@H](C)C(=O)NCc1cccnc1-n1cncn1. The highest BCUT2D eigenvalue weighted by Gasteiger charge is 2.12. The second-order valence-corrected chi connectivity index (χ2v) is 5.10. The summed E-state index contributed by atoms with van der Waals surface area (Å²) in [7, 11) is 0. The van der Waals surface area contributed by atoms with Gasteiger partial charge in [-0.05, 0) is 19.2 Å². The minimum absolute atomic E-state index is 0.0147. The Hall–Kier alpha value is -1.89. The zero-order chi connectivity index (χ0) is 13.7. The minimum Gasteiger partial charge on any atom is -0.351 e. The first-order chi connectivity index (χ1) is 9.22. The van der Waals surface area contributed by atoms with Crippen LogP contribution in [0.3, 0.4) is 0 Å². The van der Waals surface area contributed by atoms with Gasteiger partial charge in [0.05, 0.1) is 5.25 Å². The summed E-state index contributed by atoms with van der Waals surface area (Å²) in [5, 5.41) is 6.88. The molecule has 0 saturated carbocycles. The van der Waals surface area contributed by atoms with Gasteiger partial charge in [-0.15, -0.1) is 0 Å². The molecule has 19 heavy (non-hydrogen) atoms. The fourth-order valence-corrected chi connectivity index (χ4v) is 1.82. The van der Waals surface area contributed by atoms with Crippen LogP contribution in [0.2, 0.25) is 0 Å². The van der Waals surface area contributed by atoms with Crippen LogP contribution < -0.4 is 5.32 Å². The number of nitrogens with zero attached hydrogens (tertiary/aromatic N) is 4. The molecule has 1 atom stereocenters. The van der Waals surface area contributed by atoms with E-state index in [1.807, 2.05) is 25.3 Å². The van der Waals surface area contributed by atoms with Crippen molar-refractivity contribution in [2.45, 2.75) is 18.7 Å². The number of hydrogen-bond donors (Lipinski definition) is 1. The zero-order valence-corrected chi connectivity index (χ0v) is 11.6. The van der Waals surface area contributed by atoms with Crippen LogP contribution in [0.25, 0.3) is 5.82 Å². The van der Waals surface area contributed by atoms with Gasteiger partial charge in [-0.25, -0.2) is 14.6 Å². The van der Waals surface area contributed by atoms with Crippen molar-refractivity contribution in [3.8, 4) is 5.82 Å². The molecule has 100 valence electrons. The molecule has 1 N–H and O–H groups in total. The molecule has 6 nitrogen and oxygen atoms in total. The molecular weight excluding hydrogens is 262 g/mol. The van der Waals surface area contributed by atoms with Crippen molar-refractivity contribution in [2.75, 3.05) is 6.26 Å². The maximum atomic E-state index is 11.8. The van der Waals surface area contributed by atoms with Crippen LogP contribution in [-0.2, 0) is 11.3 Å². The molecule has 0 fully saturated rings. The van der Waals surface area contributed by atoms with Crippen molar-refractivity contribution in [3.05, 3.63) is 36.5 Å². The van der Waals surface area contributed by atoms with Gasteiger partial charge >= 0.3 is 0 Å². The highest BCUT2D eigenvalue weighted by atomic mass is 32.2. The summed E-state index contributed by atoms with van der Waals surface area (Å²) in [6.07, 6.45) is 6.63. The molecule has 0 bridgehead atoms. The largest absolute Gasteiger partial charge is 0.351 e. The Morgan fingerprint density at radius 1 is 1.58 bits per heavy atom. The van der Waals surface area contributed by atoms with E-state index in [1.54, 1.807) is 17.2 Å². The summed E-state index contributed by atoms with van der Waals surface area (Å²) in [6, 6.07) is 3.74. The lowest BCUT2D eigenvalue weighted by molar-refractivity contribution is -0.120. The Labute approximate surface area is 115 Å². The van der Waals surface area contributed by atoms with Crippen LogP contribution in [-0.4, -0.2) is 37.2 Å². The Morgan fingerprint density at radius 3 is 3.11 bits per heavy atom. The summed E-state index contributed by atoms with van der Waals surface area (Å²) in [5.74, 6) is 0.693. The molecule has 7 heteroatoms. The summed E-state index contributed by atoms with van der Waals surface area (Å²) in [4.78, 5) is 19.9. The van der Waals surface area contributed by atoms with Gasteiger partial charge in [-0.3, -0.25) is 4.79 Å². The van der Waals surface area contributed by atoms with E-state index in [-0.39, 0.29) is 11.2 Å². The maximum Gasteiger partial charge on any atom is 0.233 e. The number of amides is 1. The van der Waals surface area contributed by atoms with Crippen molar-refractivity contribution in [1.29, 1.82) is 0 Å². The molecule has 0 aromatic carbocycles. The van der Waals surface area contributed by atoms with E-state index in [4.69, 9.17) is 0 Å². The van der Waals surface area contributed by atoms with Crippen LogP contribution in [0.5, 0.6) is 0 Å². The van der Waals surface area contributed by atoms with E-state index in [0.717, 1.165) is 5.56 Å². The molecule has 0 spiro atoms. The van der Waals surface area contributed by atoms with Gasteiger partial charge in [-0.1, -0.05) is 6.07 Å². The number of aromatic nitrogens is 4. The van der Waals surface area contributed by atoms with Crippen molar-refractivity contribution in [1.82, 2.24) is 25.1 Å². The Kier molecular flexibility index (Phi) is 4.51. The molecule has 2 aromatic heterocycles. The van der Waals surface area contributed by atoms with E-state index in [2.05, 4.69) is 20.4 Å². The molecule has 2 aromatic rings. The van der Waals surface area contributed by atoms with Crippen molar-refractivity contribution in [2.24, 2.45) is 0 Å². The molecule has 1 amide bonds. The third-order valence-corrected chi connectivity index (χ3v) is 3.60. The molecular formula is C12H15N5OS. The third-order valence-electron chi connectivity index (χ3n) is 2.68. The predicted octanol–water partition coefficient (Wildman–Crippen LogP) is 1.03. The van der Waals surface area contributed by atoms with Gasteiger partial charge in [0.25, 0.3) is 0 Å². The highest BCUT2D eigenvalue weighted by molar-refractivity contribution is 7.99. The molecule has 0 saturated heterocycles. The Morgan fingerprint density at radius 2 is 2.42 bits per heavy atom. The summed E-state index contributed by atoms with van der Waals surface area (Å²) in [5.41, 5.74) is 0.898. The summed E-state index contributed by atoms with van der Waals surface area (Å²) in [6.45, 7) is 2.30. The van der Waals surface area contributed by atoms with Gasteiger partial charge in [0.15, 0.2) is 5.82 Å². The molecule has 2 heterocycles. The number of carbonyl (C=O) groups excluding carboxylic acids is 1. The monoisotopic (exact) mass is 277 g/mol. The highest BCUT2D eigenvalue weighted by Crippen LogP contribution is 2.10. The summed E-state index contributed by atoms with van der Waals surface area (Å²) >= 11 is 1.51. The molecule has 0 aliphatic rings. The second-order valence-electron chi connectivity index (χ2n) is 3.92. The number of nitrogens with one attached hydrogen (secondary N) is 1. The van der Waals surface area contributed by atoms with Crippen LogP contribution in [0, 0.1) is 0 Å². The first kappa shape index (κ1) is 13.5. The molecule has 0 unspecified atom stereocenters. The van der Waals surface area contributed by atoms with Crippen LogP contribution in [0.15, 0.2) is 31.0 Å². The normalized spacial score (nSPS) is 12.1. The van der Waals surface area contributed by atoms with Gasteiger partial charge in [-0.2, -0.15) is 16.9 Å². The first-order valence-corrected chi connectivity index (χ1v) is 7.10. The van der Waals surface area contributed by atoms with E-state index in [0.29, 0.717) is 12.4 Å². The van der Waals surface area contributed by atoms with Gasteiger partial charge in [0.2, 0.25) is 5.91 Å². The fraction of sp³-hybridized carbons (Fsp3) is 0.333. The molecule has 0 radical (unpaired) electrons. The molecule has 0 aliphatic carbocycles. The number of pyridine rings is 1. The molecule has 2 rings (SSSR count). The molecule has 0 aliphatic heterocycles. The van der Waals surface area contributed by atoms with E-state index < -0.39 is 0 Å². The number of thioether (sulfide) groups is 1. The van der Waals surface area contributed by atoms with E-state index in [1.165, 1.54) is 18.1 Å². The van der Waals surface area contributed by atoms with Crippen LogP contribution in [0.4, 0.5) is 0 Å².